The van der Waals surface area contributed by atoms with Gasteiger partial charge in [-0.15, -0.1) is 0 Å². The minimum atomic E-state index is -2.90. The number of nitrogens with one attached hydrogen (secondary N) is 1. The molecule has 1 unspecified atom stereocenters. The molecule has 0 rings (SSSR count). The van der Waals surface area contributed by atoms with Gasteiger partial charge >= 0.3 is 14.8 Å². The van der Waals surface area contributed by atoms with Crippen LogP contribution in [0.3, 0.4) is 0 Å². The van der Waals surface area contributed by atoms with Gasteiger partial charge in [-0.05, 0) is 27.2 Å². The molecule has 0 aliphatic rings. The van der Waals surface area contributed by atoms with Crippen molar-refractivity contribution in [3.63, 3.8) is 0 Å². The molecule has 7 heteroatoms. The summed E-state index contributed by atoms with van der Waals surface area (Å²) in [6.45, 7) is 9.24. The van der Waals surface area contributed by atoms with Gasteiger partial charge in [0.25, 0.3) is 0 Å². The normalized spacial score (nSPS) is 13.2. The quantitative estimate of drug-likeness (QED) is 0.656. The van der Waals surface area contributed by atoms with Crippen LogP contribution in [-0.2, 0) is 13.3 Å². The van der Waals surface area contributed by atoms with Crippen molar-refractivity contribution >= 4 is 14.8 Å². The molecule has 0 aliphatic heterocycles. The van der Waals surface area contributed by atoms with Crippen LogP contribution in [0, 0.1) is 0 Å². The van der Waals surface area contributed by atoms with Crippen LogP contribution in [0.5, 0.6) is 0 Å². The summed E-state index contributed by atoms with van der Waals surface area (Å²) in [5, 5.41) is 2.62. The number of urea groups is 1. The van der Waals surface area contributed by atoms with Crippen molar-refractivity contribution in [2.75, 3.05) is 33.9 Å². The van der Waals surface area contributed by atoms with E-state index < -0.39 is 8.80 Å². The summed E-state index contributed by atoms with van der Waals surface area (Å²) in [4.78, 5) is 13.5. The van der Waals surface area contributed by atoms with Crippen molar-refractivity contribution in [2.24, 2.45) is 0 Å². The van der Waals surface area contributed by atoms with Crippen molar-refractivity contribution in [3.8, 4) is 0 Å². The van der Waals surface area contributed by atoms with E-state index in [2.05, 4.69) is 5.32 Å². The monoisotopic (exact) mass is 292 g/mol. The summed E-state index contributed by atoms with van der Waals surface area (Å²) in [6, 6.07) is -0.164. The van der Waals surface area contributed by atoms with E-state index >= 15 is 0 Å². The lowest BCUT2D eigenvalue weighted by Gasteiger charge is -2.39. The molecule has 0 aromatic rings. The molecule has 0 fully saturated rings. The zero-order chi connectivity index (χ0) is 14.9. The molecule has 0 aromatic carbocycles. The first-order valence-corrected chi connectivity index (χ1v) is 8.69. The Hall–Kier alpha value is -0.633. The zero-order valence-electron chi connectivity index (χ0n) is 13.0. The summed E-state index contributed by atoms with van der Waals surface area (Å²) in [5.74, 6) is 0. The lowest BCUT2D eigenvalue weighted by molar-refractivity contribution is 0.0439. The van der Waals surface area contributed by atoms with E-state index in [1.165, 1.54) is 0 Å². The molecule has 0 aliphatic carbocycles. The van der Waals surface area contributed by atoms with Crippen LogP contribution in [0.1, 0.15) is 34.1 Å². The minimum absolute atomic E-state index is 0.164. The molecular formula is C12H28N2O4Si. The molecule has 114 valence electrons. The second kappa shape index (κ2) is 9.30. The highest BCUT2D eigenvalue weighted by Crippen LogP contribution is 2.22. The Morgan fingerprint density at radius 3 is 1.79 bits per heavy atom. The largest absolute Gasteiger partial charge is 0.524 e. The molecule has 6 nitrogen and oxygen atoms in total. The van der Waals surface area contributed by atoms with Gasteiger partial charge in [0.05, 0.1) is 0 Å². The predicted octanol–water partition coefficient (Wildman–Crippen LogP) is 1.62. The minimum Gasteiger partial charge on any atom is -0.373 e. The van der Waals surface area contributed by atoms with Gasteiger partial charge in [-0.25, -0.2) is 4.79 Å². The Morgan fingerprint density at radius 1 is 1.11 bits per heavy atom. The standard InChI is InChI=1S/C12H28N2O4Si/c1-7-11(14(6)12(15)13-5)19(16-8-2,17-9-3)18-10-4/h11H,7-10H2,1-6H3,(H,13,15). The van der Waals surface area contributed by atoms with Gasteiger partial charge in [0, 0.05) is 33.9 Å². The second-order valence-corrected chi connectivity index (χ2v) is 6.73. The van der Waals surface area contributed by atoms with Crippen LogP contribution in [0.25, 0.3) is 0 Å². The lowest BCUT2D eigenvalue weighted by Crippen LogP contribution is -2.64. The molecule has 1 N–H and O–H groups in total. The van der Waals surface area contributed by atoms with Gasteiger partial charge in [0.15, 0.2) is 0 Å². The Morgan fingerprint density at radius 2 is 1.53 bits per heavy atom. The van der Waals surface area contributed by atoms with Gasteiger partial charge in [-0.3, -0.25) is 0 Å². The fraction of sp³-hybridized carbons (Fsp3) is 0.917. The third kappa shape index (κ3) is 4.76. The average Bonchev–Trinajstić information content (AvgIpc) is 2.39. The van der Waals surface area contributed by atoms with Crippen molar-refractivity contribution in [3.05, 3.63) is 0 Å². The van der Waals surface area contributed by atoms with Gasteiger partial charge in [-0.1, -0.05) is 6.92 Å². The number of rotatable bonds is 9. The highest BCUT2D eigenvalue weighted by molar-refractivity contribution is 6.62. The Kier molecular flexibility index (Phi) is 8.99. The molecular weight excluding hydrogens is 264 g/mol. The van der Waals surface area contributed by atoms with Crippen molar-refractivity contribution in [2.45, 2.75) is 39.8 Å². The summed E-state index contributed by atoms with van der Waals surface area (Å²) in [6.07, 6.45) is 0.718. The van der Waals surface area contributed by atoms with Crippen molar-refractivity contribution in [1.29, 1.82) is 0 Å². The molecule has 0 radical (unpaired) electrons. The molecule has 0 heterocycles. The van der Waals surface area contributed by atoms with Crippen LogP contribution in [0.15, 0.2) is 0 Å². The van der Waals surface area contributed by atoms with Crippen molar-refractivity contribution < 1.29 is 18.1 Å². The first-order valence-electron chi connectivity index (χ1n) is 6.89. The fourth-order valence-corrected chi connectivity index (χ4v) is 5.22. The molecule has 1 atom stereocenters. The number of amides is 2. The maximum Gasteiger partial charge on any atom is 0.524 e. The molecule has 2 amide bonds. The van der Waals surface area contributed by atoms with Gasteiger partial charge in [0.2, 0.25) is 0 Å². The van der Waals surface area contributed by atoms with Gasteiger partial charge in [0.1, 0.15) is 5.67 Å². The molecule has 0 bridgehead atoms. The van der Waals surface area contributed by atoms with Gasteiger partial charge < -0.3 is 23.5 Å². The first-order chi connectivity index (χ1) is 9.02. The van der Waals surface area contributed by atoms with E-state index in [0.29, 0.717) is 19.8 Å². The van der Waals surface area contributed by atoms with E-state index in [4.69, 9.17) is 13.3 Å². The van der Waals surface area contributed by atoms with Crippen LogP contribution in [0.4, 0.5) is 4.79 Å². The molecule has 19 heavy (non-hydrogen) atoms. The number of hydrogen-bond acceptors (Lipinski definition) is 4. The first kappa shape index (κ1) is 18.4. The Labute approximate surface area is 117 Å². The molecule has 0 saturated heterocycles. The smallest absolute Gasteiger partial charge is 0.373 e. The maximum atomic E-state index is 11.8. The number of nitrogens with zero attached hydrogens (tertiary/aromatic N) is 1. The van der Waals surface area contributed by atoms with Crippen LogP contribution < -0.4 is 5.32 Å². The summed E-state index contributed by atoms with van der Waals surface area (Å²) >= 11 is 0. The second-order valence-electron chi connectivity index (χ2n) is 3.99. The summed E-state index contributed by atoms with van der Waals surface area (Å²) in [7, 11) is 0.448. The third-order valence-electron chi connectivity index (χ3n) is 2.83. The summed E-state index contributed by atoms with van der Waals surface area (Å²) in [5.41, 5.74) is -0.188. The van der Waals surface area contributed by atoms with Crippen LogP contribution >= 0.6 is 0 Å². The number of carbonyl (C=O) groups is 1. The summed E-state index contributed by atoms with van der Waals surface area (Å²) < 4.78 is 17.6. The highest BCUT2D eigenvalue weighted by atomic mass is 28.4. The number of hydrogen-bond donors (Lipinski definition) is 1. The van der Waals surface area contributed by atoms with E-state index in [-0.39, 0.29) is 11.7 Å². The topological polar surface area (TPSA) is 60.0 Å². The zero-order valence-corrected chi connectivity index (χ0v) is 14.0. The van der Waals surface area contributed by atoms with E-state index in [1.54, 1.807) is 19.0 Å². The average molecular weight is 292 g/mol. The van der Waals surface area contributed by atoms with Crippen molar-refractivity contribution in [1.82, 2.24) is 10.2 Å². The molecule has 0 saturated carbocycles. The maximum absolute atomic E-state index is 11.8. The Balaban J connectivity index is 5.29. The lowest BCUT2D eigenvalue weighted by atomic mass is 10.4. The SMILES string of the molecule is CCO[Si](OCC)(OCC)C(CC)N(C)C(=O)NC. The fourth-order valence-electron chi connectivity index (χ4n) is 2.10. The molecule has 0 aromatic heterocycles. The Bertz CT molecular complexity index is 249. The van der Waals surface area contributed by atoms with Crippen LogP contribution in [-0.4, -0.2) is 59.3 Å². The third-order valence-corrected chi connectivity index (χ3v) is 6.52. The van der Waals surface area contributed by atoms with Gasteiger partial charge in [-0.2, -0.15) is 0 Å². The van der Waals surface area contributed by atoms with E-state index in [9.17, 15) is 4.79 Å². The van der Waals surface area contributed by atoms with Crippen LogP contribution in [0.2, 0.25) is 0 Å². The van der Waals surface area contributed by atoms with E-state index in [0.717, 1.165) is 6.42 Å². The highest BCUT2D eigenvalue weighted by Gasteiger charge is 2.51. The predicted molar refractivity (Wildman–Crippen MR) is 76.9 cm³/mol. The number of carbonyl (C=O) groups excluding carboxylic acids is 1. The molecule has 0 spiro atoms. The van der Waals surface area contributed by atoms with E-state index in [1.807, 2.05) is 27.7 Å².